The summed E-state index contributed by atoms with van der Waals surface area (Å²) in [6.07, 6.45) is 0. The first-order chi connectivity index (χ1) is 44.7. The normalized spacial score (nSPS) is 9.30. The maximum atomic E-state index is 9.18. The number of nitrogens with zero attached hydrogens (tertiary/aromatic N) is 10. The Hall–Kier alpha value is -13.7. The van der Waals surface area contributed by atoms with Gasteiger partial charge in [-0.15, -0.1) is 0 Å². The second-order valence-electron chi connectivity index (χ2n) is 20.6. The van der Waals surface area contributed by atoms with Crippen molar-refractivity contribution < 1.29 is 0 Å². The molecule has 0 aromatic heterocycles. The summed E-state index contributed by atoms with van der Waals surface area (Å²) < 4.78 is 0. The third-order valence-corrected chi connectivity index (χ3v) is 14.6. The first-order valence-electron chi connectivity index (χ1n) is 28.7. The lowest BCUT2D eigenvalue weighted by Crippen LogP contribution is -1.91. The topological polar surface area (TPSA) is 238 Å². The van der Waals surface area contributed by atoms with E-state index in [1.165, 1.54) is 39.9 Å². The molecule has 0 aliphatic carbocycles. The Morgan fingerprint density at radius 1 is 0.196 bits per heavy atom. The largest absolute Gasteiger partial charge is 0.192 e. The van der Waals surface area contributed by atoms with Gasteiger partial charge >= 0.3 is 0 Å². The molecule has 92 heavy (non-hydrogen) atoms. The van der Waals surface area contributed by atoms with Crippen molar-refractivity contribution in [3.05, 3.63) is 332 Å². The first-order valence-corrected chi connectivity index (χ1v) is 28.7. The van der Waals surface area contributed by atoms with Crippen LogP contribution in [0.4, 0.5) is 0 Å². The molecule has 0 amide bonds. The van der Waals surface area contributed by atoms with E-state index in [0.29, 0.717) is 55.6 Å². The Balaban J connectivity index is 0.000000176. The van der Waals surface area contributed by atoms with Crippen molar-refractivity contribution in [1.29, 1.82) is 52.6 Å². The minimum Gasteiger partial charge on any atom is -0.192 e. The third-order valence-electron chi connectivity index (χ3n) is 14.6. The molecule has 0 saturated carbocycles. The molecule has 11 aromatic carbocycles. The molecule has 0 saturated heterocycles. The summed E-state index contributed by atoms with van der Waals surface area (Å²) in [6, 6.07) is 97.6. The van der Waals surface area contributed by atoms with Gasteiger partial charge in [0.1, 0.15) is 24.3 Å². The first kappa shape index (κ1) is 67.4. The Kier molecular flexibility index (Phi) is 25.3. The third kappa shape index (κ3) is 17.9. The average molecular weight is 1180 g/mol. The van der Waals surface area contributed by atoms with E-state index in [-0.39, 0.29) is 0 Å². The molecule has 0 fully saturated rings. The van der Waals surface area contributed by atoms with E-state index in [4.69, 9.17) is 47.4 Å². The Morgan fingerprint density at radius 2 is 0.554 bits per heavy atom. The van der Waals surface area contributed by atoms with Gasteiger partial charge in [-0.05, 0) is 186 Å². The molecule has 0 N–H and O–H groups in total. The van der Waals surface area contributed by atoms with Crippen LogP contribution >= 0.6 is 0 Å². The zero-order valence-corrected chi connectivity index (χ0v) is 51.6. The second kappa shape index (κ2) is 34.5. The van der Waals surface area contributed by atoms with Gasteiger partial charge in [0.2, 0.25) is 0 Å². The van der Waals surface area contributed by atoms with Crippen molar-refractivity contribution in [3.8, 4) is 116 Å². The number of rotatable bonds is 5. The minimum atomic E-state index is 0.346. The van der Waals surface area contributed by atoms with E-state index in [1.807, 2.05) is 214 Å². The second-order valence-corrected chi connectivity index (χ2v) is 20.6. The van der Waals surface area contributed by atoms with Gasteiger partial charge in [0.15, 0.2) is 0 Å². The maximum absolute atomic E-state index is 9.18. The van der Waals surface area contributed by atoms with Crippen molar-refractivity contribution in [1.82, 2.24) is 0 Å². The van der Waals surface area contributed by atoms with Crippen molar-refractivity contribution >= 4 is 0 Å². The van der Waals surface area contributed by atoms with E-state index in [1.54, 1.807) is 31.2 Å². The molecule has 11 aromatic rings. The van der Waals surface area contributed by atoms with E-state index in [9.17, 15) is 5.26 Å². The van der Waals surface area contributed by atoms with Crippen LogP contribution in [0.1, 0.15) is 89.0 Å². The Morgan fingerprint density at radius 3 is 0.989 bits per heavy atom. The summed E-state index contributed by atoms with van der Waals surface area (Å²) in [7, 11) is 0. The summed E-state index contributed by atoms with van der Waals surface area (Å²) in [5, 5.41) is 88.6. The molecule has 0 aliphatic rings. The van der Waals surface area contributed by atoms with Gasteiger partial charge in [0.25, 0.3) is 0 Å². The fraction of sp³-hybridized carbons (Fsp3) is 0.0732. The predicted octanol–water partition coefficient (Wildman–Crippen LogP) is 19.0. The number of nitriles is 10. The summed E-state index contributed by atoms with van der Waals surface area (Å²) in [6.45, 7) is 11.9. The van der Waals surface area contributed by atoms with Gasteiger partial charge < -0.3 is 0 Å². The van der Waals surface area contributed by atoms with Gasteiger partial charge in [-0.3, -0.25) is 0 Å². The quantitative estimate of drug-likeness (QED) is 0.158. The average Bonchev–Trinajstić information content (AvgIpc) is 1.13. The summed E-state index contributed by atoms with van der Waals surface area (Å²) in [5.74, 6) is 0. The van der Waals surface area contributed by atoms with Gasteiger partial charge in [-0.25, -0.2) is 0 Å². The van der Waals surface area contributed by atoms with E-state index >= 15 is 0 Å². The number of aryl methyl sites for hydroxylation is 5. The molecule has 11 rings (SSSR count). The molecular weight excluding hydrogens is 1120 g/mol. The van der Waals surface area contributed by atoms with Crippen LogP contribution in [0.15, 0.2) is 243 Å². The van der Waals surface area contributed by atoms with Crippen LogP contribution in [-0.2, 0) is 0 Å². The smallest absolute Gasteiger partial charge is 0.101 e. The van der Waals surface area contributed by atoms with Gasteiger partial charge in [0, 0.05) is 5.56 Å². The highest BCUT2D eigenvalue weighted by molar-refractivity contribution is 5.77. The summed E-state index contributed by atoms with van der Waals surface area (Å²) in [4.78, 5) is 0. The molecule has 0 aliphatic heterocycles. The molecule has 0 unspecified atom stereocenters. The van der Waals surface area contributed by atoms with Gasteiger partial charge in [0.05, 0.1) is 92.0 Å². The fourth-order valence-corrected chi connectivity index (χ4v) is 9.64. The lowest BCUT2D eigenvalue weighted by molar-refractivity contribution is 1.33. The van der Waals surface area contributed by atoms with Crippen molar-refractivity contribution in [2.45, 2.75) is 41.5 Å². The highest BCUT2D eigenvalue weighted by Gasteiger charge is 2.12. The Bertz CT molecular complexity index is 4860. The molecule has 10 heteroatoms. The molecule has 436 valence electrons. The van der Waals surface area contributed by atoms with Crippen LogP contribution in [0.3, 0.4) is 0 Å². The van der Waals surface area contributed by atoms with E-state index < -0.39 is 0 Å². The molecule has 10 nitrogen and oxygen atoms in total. The highest BCUT2D eigenvalue weighted by atomic mass is 14.3. The molecule has 0 heterocycles. The highest BCUT2D eigenvalue weighted by Crippen LogP contribution is 2.30. The molecular formula is C82H58N10. The fourth-order valence-electron chi connectivity index (χ4n) is 9.64. The SMILES string of the molecule is Cc1c(C#N)cc(C#N)cc1C#N.Cc1ccccc1-c1ccc(C#N)c(C#N)c1.Cc1ccccc1-c1ccc(C#N)cc1.Cc1ccccc1-c1cccc(C#N)c1.Cc1ccccc1-c1cccc(C#N)c1C#N.Cc1ccccc1-c1ccccc1C#N. The standard InChI is InChI=1S/2C15H10N2.3C14H11N.C10H5N3/c1-11-5-2-3-7-13(11)14-8-4-6-12(9-16)15(14)10-17;1-11-4-2-3-5-15(11)12-6-7-13(9-16)14(8-12)10-17;1-11-6-2-4-8-13(11)14-9-5-3-7-12(14)10-15;1-11-5-2-3-8-14(11)13-7-4-6-12(9-13)10-15;1-11-4-2-3-5-14(11)13-8-6-12(10-15)7-9-13;1-7-9(5-12)2-8(4-11)3-10(7)6-13/h2*2-8H,1H3;3*2-9H,1H3;2-3H,1H3. The molecule has 0 atom stereocenters. The molecule has 0 spiro atoms. The predicted molar refractivity (Wildman–Crippen MR) is 361 cm³/mol. The van der Waals surface area contributed by atoms with Crippen LogP contribution in [0.25, 0.3) is 55.6 Å². The zero-order valence-electron chi connectivity index (χ0n) is 51.6. The number of hydrogen-bond acceptors (Lipinski definition) is 10. The van der Waals surface area contributed by atoms with Crippen LogP contribution < -0.4 is 0 Å². The Labute approximate surface area is 539 Å². The van der Waals surface area contributed by atoms with Gasteiger partial charge in [-0.2, -0.15) is 52.6 Å². The minimum absolute atomic E-state index is 0.346. The summed E-state index contributed by atoms with van der Waals surface area (Å²) in [5.41, 5.74) is 22.2. The van der Waals surface area contributed by atoms with Crippen molar-refractivity contribution in [2.24, 2.45) is 0 Å². The molecule has 0 bridgehead atoms. The van der Waals surface area contributed by atoms with Crippen LogP contribution in [0.2, 0.25) is 0 Å². The van der Waals surface area contributed by atoms with Gasteiger partial charge in [-0.1, -0.05) is 182 Å². The van der Waals surface area contributed by atoms with Crippen molar-refractivity contribution in [3.63, 3.8) is 0 Å². The summed E-state index contributed by atoms with van der Waals surface area (Å²) >= 11 is 0. The number of hydrogen-bond donors (Lipinski definition) is 0. The van der Waals surface area contributed by atoms with E-state index in [2.05, 4.69) is 87.5 Å². The number of benzene rings is 11. The zero-order chi connectivity index (χ0) is 66.4. The van der Waals surface area contributed by atoms with Crippen molar-refractivity contribution in [2.75, 3.05) is 0 Å². The van der Waals surface area contributed by atoms with E-state index in [0.717, 1.165) is 61.2 Å². The monoisotopic (exact) mass is 1180 g/mol. The lowest BCUT2D eigenvalue weighted by atomic mass is 9.94. The van der Waals surface area contributed by atoms with Crippen LogP contribution in [-0.4, -0.2) is 0 Å². The molecule has 0 radical (unpaired) electrons. The maximum Gasteiger partial charge on any atom is 0.101 e. The lowest BCUT2D eigenvalue weighted by Gasteiger charge is -2.08. The van der Waals surface area contributed by atoms with Crippen LogP contribution in [0.5, 0.6) is 0 Å². The van der Waals surface area contributed by atoms with Crippen LogP contribution in [0, 0.1) is 155 Å².